The lowest BCUT2D eigenvalue weighted by Gasteiger charge is -2.39. The lowest BCUT2D eigenvalue weighted by molar-refractivity contribution is -0.141. The Bertz CT molecular complexity index is 618. The summed E-state index contributed by atoms with van der Waals surface area (Å²) in [4.78, 5) is 35.4. The minimum Gasteiger partial charge on any atom is -0.488 e. The van der Waals surface area contributed by atoms with Gasteiger partial charge in [0.25, 0.3) is 0 Å². The molecule has 0 bridgehead atoms. The van der Waals surface area contributed by atoms with Gasteiger partial charge < -0.3 is 14.4 Å². The van der Waals surface area contributed by atoms with Gasteiger partial charge in [0.2, 0.25) is 11.2 Å². The van der Waals surface area contributed by atoms with Gasteiger partial charge in [-0.15, -0.1) is 0 Å². The summed E-state index contributed by atoms with van der Waals surface area (Å²) in [6.07, 6.45) is 2.48. The van der Waals surface area contributed by atoms with Crippen molar-refractivity contribution in [2.75, 3.05) is 26.2 Å². The molecule has 1 saturated heterocycles. The first kappa shape index (κ1) is 19.2. The van der Waals surface area contributed by atoms with Gasteiger partial charge in [0.1, 0.15) is 18.2 Å². The predicted molar refractivity (Wildman–Crippen MR) is 91.5 cm³/mol. The van der Waals surface area contributed by atoms with Crippen molar-refractivity contribution in [3.05, 3.63) is 17.7 Å². The van der Waals surface area contributed by atoms with Crippen molar-refractivity contribution >= 4 is 23.6 Å². The molecule has 1 aromatic heterocycles. The van der Waals surface area contributed by atoms with E-state index >= 15 is 0 Å². The molecule has 1 atom stereocenters. The number of hydrogen-bond acceptors (Lipinski definition) is 6. The van der Waals surface area contributed by atoms with Gasteiger partial charge in [-0.25, -0.2) is 14.8 Å². The number of piperazine rings is 1. The molecule has 1 fully saturated rings. The van der Waals surface area contributed by atoms with Crippen LogP contribution in [0.5, 0.6) is 5.75 Å². The van der Waals surface area contributed by atoms with E-state index in [-0.39, 0.29) is 11.2 Å². The molecule has 138 valence electrons. The maximum absolute atomic E-state index is 12.5. The molecule has 2 heterocycles. The van der Waals surface area contributed by atoms with E-state index in [0.717, 1.165) is 0 Å². The second-order valence-electron chi connectivity index (χ2n) is 6.71. The summed E-state index contributed by atoms with van der Waals surface area (Å²) in [5, 5.41) is 0.148. The highest BCUT2D eigenvalue weighted by atomic mass is 35.5. The van der Waals surface area contributed by atoms with Gasteiger partial charge in [0, 0.05) is 13.1 Å². The van der Waals surface area contributed by atoms with Gasteiger partial charge in [0.05, 0.1) is 18.9 Å². The first-order valence-corrected chi connectivity index (χ1v) is 8.44. The molecular formula is C16H23ClN4O4. The first-order chi connectivity index (χ1) is 11.7. The summed E-state index contributed by atoms with van der Waals surface area (Å²) in [5.41, 5.74) is -0.592. The van der Waals surface area contributed by atoms with Crippen molar-refractivity contribution < 1.29 is 19.1 Å². The fourth-order valence-electron chi connectivity index (χ4n) is 2.37. The monoisotopic (exact) mass is 370 g/mol. The second-order valence-corrected chi connectivity index (χ2v) is 7.05. The number of amides is 2. The number of aromatic nitrogens is 2. The zero-order valence-electron chi connectivity index (χ0n) is 14.9. The molecule has 1 aliphatic rings. The number of carbonyl (C=O) groups excluding carboxylic acids is 2. The van der Waals surface area contributed by atoms with Crippen LogP contribution in [0.2, 0.25) is 5.28 Å². The minimum absolute atomic E-state index is 0.131. The van der Waals surface area contributed by atoms with E-state index in [1.807, 2.05) is 0 Å². The molecule has 1 aromatic rings. The van der Waals surface area contributed by atoms with E-state index in [1.54, 1.807) is 32.6 Å². The van der Waals surface area contributed by atoms with Crippen LogP contribution in [0.25, 0.3) is 0 Å². The lowest BCUT2D eigenvalue weighted by atomic mass is 10.2. The Morgan fingerprint density at radius 2 is 1.96 bits per heavy atom. The molecule has 0 spiro atoms. The Kier molecular flexibility index (Phi) is 6.05. The average molecular weight is 371 g/mol. The van der Waals surface area contributed by atoms with Crippen molar-refractivity contribution in [2.45, 2.75) is 39.3 Å². The zero-order valence-corrected chi connectivity index (χ0v) is 15.6. The molecule has 0 aliphatic carbocycles. The normalized spacial score (nSPS) is 18.3. The largest absolute Gasteiger partial charge is 0.488 e. The van der Waals surface area contributed by atoms with E-state index in [4.69, 9.17) is 21.1 Å². The van der Waals surface area contributed by atoms with Crippen molar-refractivity contribution in [1.82, 2.24) is 19.8 Å². The molecule has 9 heteroatoms. The van der Waals surface area contributed by atoms with Gasteiger partial charge in [0.15, 0.2) is 5.75 Å². The van der Waals surface area contributed by atoms with Crippen LogP contribution in [-0.2, 0) is 9.53 Å². The average Bonchev–Trinajstić information content (AvgIpc) is 2.51. The molecule has 2 amide bonds. The number of hydrogen-bond donors (Lipinski definition) is 0. The van der Waals surface area contributed by atoms with Crippen molar-refractivity contribution in [3.8, 4) is 5.75 Å². The molecule has 0 unspecified atom stereocenters. The zero-order chi connectivity index (χ0) is 18.6. The van der Waals surface area contributed by atoms with Crippen molar-refractivity contribution in [3.63, 3.8) is 0 Å². The fourth-order valence-corrected chi connectivity index (χ4v) is 2.47. The number of nitrogens with zero attached hydrogens (tertiary/aromatic N) is 4. The predicted octanol–water partition coefficient (Wildman–Crippen LogP) is 1.98. The third-order valence-electron chi connectivity index (χ3n) is 3.60. The van der Waals surface area contributed by atoms with Crippen LogP contribution >= 0.6 is 11.6 Å². The van der Waals surface area contributed by atoms with E-state index < -0.39 is 17.7 Å². The molecule has 1 aliphatic heterocycles. The summed E-state index contributed by atoms with van der Waals surface area (Å²) < 4.78 is 10.9. The Morgan fingerprint density at radius 1 is 1.32 bits per heavy atom. The number of halogens is 1. The summed E-state index contributed by atoms with van der Waals surface area (Å²) in [6.45, 7) is 8.66. The summed E-state index contributed by atoms with van der Waals surface area (Å²) in [5.74, 6) is 0.352. The van der Waals surface area contributed by atoms with Crippen molar-refractivity contribution in [1.29, 1.82) is 0 Å². The van der Waals surface area contributed by atoms with Gasteiger partial charge in [-0.3, -0.25) is 9.69 Å². The molecule has 8 nitrogen and oxygen atoms in total. The number of rotatable bonds is 4. The Morgan fingerprint density at radius 3 is 2.56 bits per heavy atom. The second kappa shape index (κ2) is 7.86. The highest BCUT2D eigenvalue weighted by Gasteiger charge is 2.36. The fraction of sp³-hybridized carbons (Fsp3) is 0.625. The van der Waals surface area contributed by atoms with Gasteiger partial charge in [-0.2, -0.15) is 0 Å². The van der Waals surface area contributed by atoms with Crippen LogP contribution in [0.15, 0.2) is 12.4 Å². The van der Waals surface area contributed by atoms with Crippen molar-refractivity contribution in [2.24, 2.45) is 0 Å². The highest BCUT2D eigenvalue weighted by molar-refractivity contribution is 6.28. The first-order valence-electron chi connectivity index (χ1n) is 8.06. The highest BCUT2D eigenvalue weighted by Crippen LogP contribution is 2.17. The minimum atomic E-state index is -0.592. The van der Waals surface area contributed by atoms with E-state index in [1.165, 1.54) is 17.3 Å². The lowest BCUT2D eigenvalue weighted by Crippen LogP contribution is -2.58. The molecule has 2 rings (SSSR count). The summed E-state index contributed by atoms with van der Waals surface area (Å²) in [7, 11) is 0. The van der Waals surface area contributed by atoms with Gasteiger partial charge in [-0.05, 0) is 39.3 Å². The maximum Gasteiger partial charge on any atom is 0.411 e. The number of carbonyl (C=O) groups is 2. The summed E-state index contributed by atoms with van der Waals surface area (Å²) in [6, 6.07) is -0.567. The van der Waals surface area contributed by atoms with Crippen LogP contribution < -0.4 is 4.74 Å². The Hall–Kier alpha value is -2.09. The van der Waals surface area contributed by atoms with Crippen LogP contribution in [-0.4, -0.2) is 69.7 Å². The van der Waals surface area contributed by atoms with E-state index in [9.17, 15) is 9.59 Å². The molecule has 0 radical (unpaired) electrons. The standard InChI is InChI=1S/C16H23ClN4O4/c1-11-13(22)20(5-6-21(11)15(23)25-16(2,3)4)7-8-24-12-9-18-14(17)19-10-12/h9-11H,5-8H2,1-4H3/t11-/m1/s1. The maximum atomic E-state index is 12.5. The smallest absolute Gasteiger partial charge is 0.411 e. The van der Waals surface area contributed by atoms with Gasteiger partial charge >= 0.3 is 6.09 Å². The molecule has 0 saturated carbocycles. The number of ether oxygens (including phenoxy) is 2. The molecule has 0 N–H and O–H groups in total. The quantitative estimate of drug-likeness (QED) is 0.753. The third kappa shape index (κ3) is 5.45. The van der Waals surface area contributed by atoms with Crippen LogP contribution in [0.4, 0.5) is 4.79 Å². The van der Waals surface area contributed by atoms with E-state index in [2.05, 4.69) is 9.97 Å². The molecule has 0 aromatic carbocycles. The van der Waals surface area contributed by atoms with Crippen LogP contribution in [0, 0.1) is 0 Å². The topological polar surface area (TPSA) is 84.9 Å². The Balaban J connectivity index is 1.84. The van der Waals surface area contributed by atoms with Crippen LogP contribution in [0.1, 0.15) is 27.7 Å². The molecule has 25 heavy (non-hydrogen) atoms. The van der Waals surface area contributed by atoms with Crippen LogP contribution in [0.3, 0.4) is 0 Å². The SMILES string of the molecule is C[C@@H]1C(=O)N(CCOc2cnc(Cl)nc2)CCN1C(=O)OC(C)(C)C. The third-order valence-corrected chi connectivity index (χ3v) is 3.80. The molecular weight excluding hydrogens is 348 g/mol. The van der Waals surface area contributed by atoms with E-state index in [0.29, 0.717) is 32.0 Å². The van der Waals surface area contributed by atoms with Gasteiger partial charge in [-0.1, -0.05) is 0 Å². The Labute approximate surface area is 152 Å². The summed E-state index contributed by atoms with van der Waals surface area (Å²) >= 11 is 5.61.